The average Bonchev–Trinajstić information content (AvgIpc) is 2.72. The molecule has 0 amide bonds. The lowest BCUT2D eigenvalue weighted by atomic mass is 9.72. The van der Waals surface area contributed by atoms with E-state index in [0.717, 1.165) is 6.54 Å². The molecule has 0 aliphatic carbocycles. The minimum atomic E-state index is -0.505. The first kappa shape index (κ1) is 11.9. The van der Waals surface area contributed by atoms with Crippen LogP contribution in [-0.4, -0.2) is 34.2 Å². The van der Waals surface area contributed by atoms with Gasteiger partial charge in [-0.1, -0.05) is 29.8 Å². The van der Waals surface area contributed by atoms with Crippen molar-refractivity contribution in [1.29, 1.82) is 0 Å². The fraction of sp³-hybridized carbons (Fsp3) is 0.647. The average molecular weight is 257 g/mol. The van der Waals surface area contributed by atoms with Gasteiger partial charge in [0.05, 0.1) is 5.60 Å². The molecule has 2 heteroatoms. The van der Waals surface area contributed by atoms with Gasteiger partial charge in [-0.2, -0.15) is 0 Å². The number of hydrogen-bond acceptors (Lipinski definition) is 2. The van der Waals surface area contributed by atoms with Crippen LogP contribution in [0.5, 0.6) is 0 Å². The number of rotatable bonds is 1. The minimum Gasteiger partial charge on any atom is -0.388 e. The molecule has 4 bridgehead atoms. The molecule has 0 spiro atoms. The lowest BCUT2D eigenvalue weighted by molar-refractivity contribution is 0.0182. The van der Waals surface area contributed by atoms with Crippen LogP contribution in [0, 0.1) is 12.8 Å². The Kier molecular flexibility index (Phi) is 2.40. The largest absolute Gasteiger partial charge is 0.388 e. The van der Waals surface area contributed by atoms with Crippen LogP contribution in [0.4, 0.5) is 0 Å². The second kappa shape index (κ2) is 3.83. The van der Waals surface area contributed by atoms with Crippen LogP contribution in [0.3, 0.4) is 0 Å². The maximum Gasteiger partial charge on any atom is 0.0795 e. The summed E-state index contributed by atoms with van der Waals surface area (Å²) in [5, 5.41) is 10.8. The summed E-state index contributed by atoms with van der Waals surface area (Å²) >= 11 is 0. The molecule has 3 saturated heterocycles. The number of nitrogens with zero attached hydrogens (tertiary/aromatic N) is 1. The molecule has 1 N–H and O–H groups in total. The molecule has 0 saturated carbocycles. The van der Waals surface area contributed by atoms with Crippen molar-refractivity contribution in [3.63, 3.8) is 0 Å². The summed E-state index contributed by atoms with van der Waals surface area (Å²) in [4.78, 5) is 2.59. The van der Waals surface area contributed by atoms with E-state index in [1.54, 1.807) is 0 Å². The van der Waals surface area contributed by atoms with Crippen LogP contribution in [-0.2, 0) is 0 Å². The standard InChI is InChI=1S/C17H23NO/c1-11-3-5-12(6-4-11)14-9-13-7-8-15-16(14)17(2,19)10-18(13)15/h3-6,13-16,19H,7-10H2,1-2H3/t13-,14-,15?,16?,17-/m1/s1. The Morgan fingerprint density at radius 1 is 1.21 bits per heavy atom. The third kappa shape index (κ3) is 1.63. The summed E-state index contributed by atoms with van der Waals surface area (Å²) in [7, 11) is 0. The quantitative estimate of drug-likeness (QED) is 0.836. The third-order valence-corrected chi connectivity index (χ3v) is 5.79. The summed E-state index contributed by atoms with van der Waals surface area (Å²) in [6.45, 7) is 5.08. The van der Waals surface area contributed by atoms with Gasteiger partial charge in [-0.15, -0.1) is 0 Å². The highest BCUT2D eigenvalue weighted by Gasteiger charge is 2.59. The summed E-state index contributed by atoms with van der Waals surface area (Å²) < 4.78 is 0. The van der Waals surface area contributed by atoms with Crippen molar-refractivity contribution in [2.45, 2.75) is 56.7 Å². The maximum absolute atomic E-state index is 10.8. The Labute approximate surface area is 115 Å². The SMILES string of the molecule is Cc1ccc([C@H]2C[C@H]3CCC4C2[C@](C)(O)CN43)cc1. The molecule has 3 heterocycles. The fourth-order valence-electron chi connectivity index (χ4n) is 5.04. The van der Waals surface area contributed by atoms with Gasteiger partial charge in [-0.3, -0.25) is 4.90 Å². The second-order valence-electron chi connectivity index (χ2n) is 7.11. The Morgan fingerprint density at radius 2 is 1.95 bits per heavy atom. The Balaban J connectivity index is 1.75. The van der Waals surface area contributed by atoms with E-state index in [-0.39, 0.29) is 0 Å². The van der Waals surface area contributed by atoms with Gasteiger partial charge in [-0.25, -0.2) is 0 Å². The maximum atomic E-state index is 10.8. The van der Waals surface area contributed by atoms with Crippen LogP contribution in [0.15, 0.2) is 24.3 Å². The monoisotopic (exact) mass is 257 g/mol. The predicted molar refractivity (Wildman–Crippen MR) is 76.2 cm³/mol. The summed E-state index contributed by atoms with van der Waals surface area (Å²) in [6, 6.07) is 10.3. The first-order chi connectivity index (χ1) is 9.06. The summed E-state index contributed by atoms with van der Waals surface area (Å²) in [5.74, 6) is 0.973. The number of piperidine rings is 1. The first-order valence-electron chi connectivity index (χ1n) is 7.61. The molecule has 2 nitrogen and oxygen atoms in total. The Hall–Kier alpha value is -0.860. The van der Waals surface area contributed by atoms with Crippen LogP contribution in [0.1, 0.15) is 43.2 Å². The molecule has 6 atom stereocenters. The fourth-order valence-corrected chi connectivity index (χ4v) is 5.04. The van der Waals surface area contributed by atoms with Crippen LogP contribution in [0.2, 0.25) is 0 Å². The number of hydrogen-bond donors (Lipinski definition) is 1. The van der Waals surface area contributed by atoms with E-state index in [1.165, 1.54) is 30.4 Å². The van der Waals surface area contributed by atoms with E-state index >= 15 is 0 Å². The van der Waals surface area contributed by atoms with Crippen LogP contribution in [0.25, 0.3) is 0 Å². The molecule has 19 heavy (non-hydrogen) atoms. The molecular formula is C17H23NO. The van der Waals surface area contributed by atoms with E-state index in [0.29, 0.717) is 23.9 Å². The molecular weight excluding hydrogens is 234 g/mol. The highest BCUT2D eigenvalue weighted by Crippen LogP contribution is 2.55. The normalized spacial score (nSPS) is 47.6. The van der Waals surface area contributed by atoms with Crippen molar-refractivity contribution in [3.8, 4) is 0 Å². The molecule has 1 aromatic carbocycles. The smallest absolute Gasteiger partial charge is 0.0795 e. The van der Waals surface area contributed by atoms with E-state index < -0.39 is 5.60 Å². The summed E-state index contributed by atoms with van der Waals surface area (Å²) in [5.41, 5.74) is 2.26. The highest BCUT2D eigenvalue weighted by molar-refractivity contribution is 5.30. The van der Waals surface area contributed by atoms with Gasteiger partial charge in [0.25, 0.3) is 0 Å². The van der Waals surface area contributed by atoms with Gasteiger partial charge in [0.1, 0.15) is 0 Å². The number of aryl methyl sites for hydroxylation is 1. The molecule has 3 unspecified atom stereocenters. The van der Waals surface area contributed by atoms with Crippen molar-refractivity contribution in [2.24, 2.45) is 5.92 Å². The van der Waals surface area contributed by atoms with Crippen LogP contribution < -0.4 is 0 Å². The van der Waals surface area contributed by atoms with E-state index in [2.05, 4.69) is 43.0 Å². The molecule has 102 valence electrons. The van der Waals surface area contributed by atoms with E-state index in [4.69, 9.17) is 0 Å². The van der Waals surface area contributed by atoms with Gasteiger partial charge in [0.2, 0.25) is 0 Å². The van der Waals surface area contributed by atoms with E-state index in [1.807, 2.05) is 0 Å². The molecule has 3 aliphatic rings. The second-order valence-corrected chi connectivity index (χ2v) is 7.11. The molecule has 0 aromatic heterocycles. The van der Waals surface area contributed by atoms with Crippen molar-refractivity contribution < 1.29 is 5.11 Å². The zero-order valence-corrected chi connectivity index (χ0v) is 11.8. The number of benzene rings is 1. The highest BCUT2D eigenvalue weighted by atomic mass is 16.3. The zero-order chi connectivity index (χ0) is 13.2. The summed E-state index contributed by atoms with van der Waals surface area (Å²) in [6.07, 6.45) is 3.85. The lowest BCUT2D eigenvalue weighted by Gasteiger charge is -2.39. The van der Waals surface area contributed by atoms with Crippen molar-refractivity contribution >= 4 is 0 Å². The molecule has 4 rings (SSSR count). The van der Waals surface area contributed by atoms with Crippen molar-refractivity contribution in [2.75, 3.05) is 6.54 Å². The van der Waals surface area contributed by atoms with Gasteiger partial charge in [0, 0.05) is 24.5 Å². The Bertz CT molecular complexity index is 492. The zero-order valence-electron chi connectivity index (χ0n) is 11.8. The Morgan fingerprint density at radius 3 is 2.68 bits per heavy atom. The first-order valence-corrected chi connectivity index (χ1v) is 7.61. The number of aliphatic hydroxyl groups is 1. The molecule has 3 fully saturated rings. The van der Waals surface area contributed by atoms with Gasteiger partial charge >= 0.3 is 0 Å². The predicted octanol–water partition coefficient (Wildman–Crippen LogP) is 2.70. The van der Waals surface area contributed by atoms with Crippen molar-refractivity contribution in [3.05, 3.63) is 35.4 Å². The van der Waals surface area contributed by atoms with Gasteiger partial charge < -0.3 is 5.11 Å². The molecule has 1 aromatic rings. The third-order valence-electron chi connectivity index (χ3n) is 5.79. The topological polar surface area (TPSA) is 23.5 Å². The van der Waals surface area contributed by atoms with Crippen LogP contribution >= 0.6 is 0 Å². The lowest BCUT2D eigenvalue weighted by Crippen LogP contribution is -2.42. The van der Waals surface area contributed by atoms with Crippen molar-refractivity contribution in [1.82, 2.24) is 4.90 Å². The van der Waals surface area contributed by atoms with Gasteiger partial charge in [-0.05, 0) is 44.6 Å². The molecule has 3 aliphatic heterocycles. The van der Waals surface area contributed by atoms with Gasteiger partial charge in [0.15, 0.2) is 0 Å². The van der Waals surface area contributed by atoms with E-state index in [9.17, 15) is 5.11 Å². The minimum absolute atomic E-state index is 0.425. The molecule has 0 radical (unpaired) electrons.